The van der Waals surface area contributed by atoms with E-state index in [2.05, 4.69) is 25.7 Å². The standard InChI is InChI=1S/C16H24BrFN2O/c17-15-4-5-16(18)14(12-15)13-20(10-11-21)9-8-19-6-2-1-3-7-19/h4-5,12,21H,1-3,6-11,13H2. The van der Waals surface area contributed by atoms with Crippen molar-refractivity contribution in [3.05, 3.63) is 34.1 Å². The van der Waals surface area contributed by atoms with Gasteiger partial charge in [0.15, 0.2) is 0 Å². The molecule has 1 saturated heterocycles. The Morgan fingerprint density at radius 3 is 2.67 bits per heavy atom. The number of nitrogens with zero attached hydrogens (tertiary/aromatic N) is 2. The average Bonchev–Trinajstić information content (AvgIpc) is 2.50. The summed E-state index contributed by atoms with van der Waals surface area (Å²) in [6.45, 7) is 5.42. The second-order valence-electron chi connectivity index (χ2n) is 5.64. The third-order valence-electron chi connectivity index (χ3n) is 4.00. The quantitative estimate of drug-likeness (QED) is 0.811. The lowest BCUT2D eigenvalue weighted by molar-refractivity contribution is 0.151. The molecule has 2 rings (SSSR count). The molecule has 1 fully saturated rings. The second-order valence-corrected chi connectivity index (χ2v) is 6.55. The van der Waals surface area contributed by atoms with E-state index in [1.807, 2.05) is 6.07 Å². The first-order valence-electron chi connectivity index (χ1n) is 7.68. The van der Waals surface area contributed by atoms with Gasteiger partial charge in [-0.15, -0.1) is 0 Å². The van der Waals surface area contributed by atoms with E-state index >= 15 is 0 Å². The molecular weight excluding hydrogens is 335 g/mol. The van der Waals surface area contributed by atoms with Crippen LogP contribution in [0.1, 0.15) is 24.8 Å². The average molecular weight is 359 g/mol. The maximum Gasteiger partial charge on any atom is 0.127 e. The Morgan fingerprint density at radius 1 is 1.19 bits per heavy atom. The Hall–Kier alpha value is -0.490. The molecule has 0 atom stereocenters. The molecule has 5 heteroatoms. The first-order valence-corrected chi connectivity index (χ1v) is 8.48. The number of piperidine rings is 1. The summed E-state index contributed by atoms with van der Waals surface area (Å²) in [5.74, 6) is -0.181. The van der Waals surface area contributed by atoms with Crippen molar-refractivity contribution in [1.82, 2.24) is 9.80 Å². The van der Waals surface area contributed by atoms with Crippen molar-refractivity contribution in [2.45, 2.75) is 25.8 Å². The predicted molar refractivity (Wildman–Crippen MR) is 86.8 cm³/mol. The Kier molecular flexibility index (Phi) is 7.10. The van der Waals surface area contributed by atoms with Gasteiger partial charge in [0, 0.05) is 36.2 Å². The van der Waals surface area contributed by atoms with Crippen molar-refractivity contribution in [2.24, 2.45) is 0 Å². The minimum atomic E-state index is -0.181. The number of aliphatic hydroxyl groups is 1. The molecule has 0 aliphatic carbocycles. The van der Waals surface area contributed by atoms with Crippen molar-refractivity contribution in [3.63, 3.8) is 0 Å². The van der Waals surface area contributed by atoms with E-state index in [1.165, 1.54) is 25.3 Å². The lowest BCUT2D eigenvalue weighted by atomic mass is 10.1. The van der Waals surface area contributed by atoms with Gasteiger partial charge in [-0.3, -0.25) is 4.90 Å². The summed E-state index contributed by atoms with van der Waals surface area (Å²) in [6.07, 6.45) is 3.89. The van der Waals surface area contributed by atoms with Crippen LogP contribution in [0, 0.1) is 5.82 Å². The molecule has 0 saturated carbocycles. The lowest BCUT2D eigenvalue weighted by Gasteiger charge is -2.30. The third-order valence-corrected chi connectivity index (χ3v) is 4.49. The fourth-order valence-corrected chi connectivity index (χ4v) is 3.19. The molecule has 1 aromatic carbocycles. The summed E-state index contributed by atoms with van der Waals surface area (Å²) in [5, 5.41) is 9.22. The summed E-state index contributed by atoms with van der Waals surface area (Å²) in [5.41, 5.74) is 0.677. The zero-order valence-corrected chi connectivity index (χ0v) is 14.0. The zero-order chi connectivity index (χ0) is 15.1. The van der Waals surface area contributed by atoms with Crippen LogP contribution in [0.25, 0.3) is 0 Å². The fraction of sp³-hybridized carbons (Fsp3) is 0.625. The molecule has 21 heavy (non-hydrogen) atoms. The van der Waals surface area contributed by atoms with Gasteiger partial charge < -0.3 is 10.0 Å². The van der Waals surface area contributed by atoms with Crippen molar-refractivity contribution in [1.29, 1.82) is 0 Å². The second kappa shape index (κ2) is 8.83. The number of halogens is 2. The van der Waals surface area contributed by atoms with Crippen LogP contribution in [-0.4, -0.2) is 54.2 Å². The van der Waals surface area contributed by atoms with Crippen LogP contribution < -0.4 is 0 Å². The highest BCUT2D eigenvalue weighted by Gasteiger charge is 2.14. The highest BCUT2D eigenvalue weighted by molar-refractivity contribution is 9.10. The predicted octanol–water partition coefficient (Wildman–Crippen LogP) is 2.87. The normalized spacial score (nSPS) is 16.6. The van der Waals surface area contributed by atoms with Gasteiger partial charge in [-0.25, -0.2) is 4.39 Å². The van der Waals surface area contributed by atoms with Crippen molar-refractivity contribution in [2.75, 3.05) is 39.3 Å². The smallest absolute Gasteiger partial charge is 0.127 e. The fourth-order valence-electron chi connectivity index (χ4n) is 2.78. The number of likely N-dealkylation sites (tertiary alicyclic amines) is 1. The van der Waals surface area contributed by atoms with Crippen molar-refractivity contribution >= 4 is 15.9 Å². The van der Waals surface area contributed by atoms with Gasteiger partial charge in [0.2, 0.25) is 0 Å². The summed E-state index contributed by atoms with van der Waals surface area (Å²) in [4.78, 5) is 4.59. The molecule has 0 bridgehead atoms. The Labute approximate surface area is 134 Å². The van der Waals surface area contributed by atoms with E-state index < -0.39 is 0 Å². The van der Waals surface area contributed by atoms with Crippen molar-refractivity contribution < 1.29 is 9.50 Å². The third kappa shape index (κ3) is 5.66. The maximum absolute atomic E-state index is 13.8. The zero-order valence-electron chi connectivity index (χ0n) is 12.4. The first-order chi connectivity index (χ1) is 10.2. The van der Waals surface area contributed by atoms with E-state index in [1.54, 1.807) is 6.07 Å². The van der Waals surface area contributed by atoms with Crippen LogP contribution in [0.5, 0.6) is 0 Å². The summed E-state index contributed by atoms with van der Waals surface area (Å²) in [6, 6.07) is 5.02. The molecular formula is C16H24BrFN2O. The molecule has 0 amide bonds. The maximum atomic E-state index is 13.8. The molecule has 1 aromatic rings. The van der Waals surface area contributed by atoms with Crippen LogP contribution in [0.4, 0.5) is 4.39 Å². The number of aliphatic hydroxyl groups excluding tert-OH is 1. The van der Waals surface area contributed by atoms with Crippen LogP contribution in [-0.2, 0) is 6.54 Å². The molecule has 0 spiro atoms. The van der Waals surface area contributed by atoms with Crippen LogP contribution in [0.2, 0.25) is 0 Å². The number of hydrogen-bond donors (Lipinski definition) is 1. The van der Waals surface area contributed by atoms with Gasteiger partial charge in [-0.05, 0) is 44.1 Å². The Bertz CT molecular complexity index is 438. The first kappa shape index (κ1) is 16.9. The molecule has 3 nitrogen and oxygen atoms in total. The largest absolute Gasteiger partial charge is 0.395 e. The van der Waals surface area contributed by atoms with E-state index in [0.717, 1.165) is 30.7 Å². The van der Waals surface area contributed by atoms with E-state index in [-0.39, 0.29) is 12.4 Å². The minimum Gasteiger partial charge on any atom is -0.395 e. The number of rotatable bonds is 7. The van der Waals surface area contributed by atoms with E-state index in [0.29, 0.717) is 18.7 Å². The molecule has 0 radical (unpaired) electrons. The number of benzene rings is 1. The van der Waals surface area contributed by atoms with E-state index in [4.69, 9.17) is 0 Å². The highest BCUT2D eigenvalue weighted by atomic mass is 79.9. The van der Waals surface area contributed by atoms with Crippen LogP contribution >= 0.6 is 15.9 Å². The van der Waals surface area contributed by atoms with Crippen molar-refractivity contribution in [3.8, 4) is 0 Å². The van der Waals surface area contributed by atoms with E-state index in [9.17, 15) is 9.50 Å². The number of hydrogen-bond acceptors (Lipinski definition) is 3. The van der Waals surface area contributed by atoms with Crippen LogP contribution in [0.3, 0.4) is 0 Å². The lowest BCUT2D eigenvalue weighted by Crippen LogP contribution is -2.38. The summed E-state index contributed by atoms with van der Waals surface area (Å²) in [7, 11) is 0. The highest BCUT2D eigenvalue weighted by Crippen LogP contribution is 2.17. The van der Waals surface area contributed by atoms with Gasteiger partial charge in [0.05, 0.1) is 6.61 Å². The molecule has 0 aromatic heterocycles. The van der Waals surface area contributed by atoms with Crippen LogP contribution in [0.15, 0.2) is 22.7 Å². The van der Waals surface area contributed by atoms with Gasteiger partial charge in [-0.1, -0.05) is 22.4 Å². The minimum absolute atomic E-state index is 0.107. The molecule has 1 N–H and O–H groups in total. The SMILES string of the molecule is OCCN(CCN1CCCCC1)Cc1cc(Br)ccc1F. The molecule has 118 valence electrons. The summed E-state index contributed by atoms with van der Waals surface area (Å²) < 4.78 is 14.7. The molecule has 1 aliphatic rings. The molecule has 1 heterocycles. The Balaban J connectivity index is 1.89. The molecule has 0 unspecified atom stereocenters. The molecule has 1 aliphatic heterocycles. The monoisotopic (exact) mass is 358 g/mol. The summed E-state index contributed by atoms with van der Waals surface area (Å²) >= 11 is 3.38. The van der Waals surface area contributed by atoms with Gasteiger partial charge in [0.25, 0.3) is 0 Å². The van der Waals surface area contributed by atoms with Gasteiger partial charge in [0.1, 0.15) is 5.82 Å². The Morgan fingerprint density at radius 2 is 1.95 bits per heavy atom. The topological polar surface area (TPSA) is 26.7 Å². The van der Waals surface area contributed by atoms with Gasteiger partial charge in [-0.2, -0.15) is 0 Å². The van der Waals surface area contributed by atoms with Gasteiger partial charge >= 0.3 is 0 Å².